The molecule has 1 aromatic heterocycles. The number of aryl methyl sites for hydroxylation is 1. The number of carbonyl (C=O) groups is 1. The Kier molecular flexibility index (Phi) is 5.65. The smallest absolute Gasteiger partial charge is 0.158 e. The number of carbonyl (C=O) groups excluding carboxylic acids is 1. The number of benzene rings is 1. The third-order valence-corrected chi connectivity index (χ3v) is 6.59. The molecule has 0 saturated carbocycles. The van der Waals surface area contributed by atoms with Gasteiger partial charge in [0.15, 0.2) is 5.78 Å². The van der Waals surface area contributed by atoms with Gasteiger partial charge < -0.3 is 5.32 Å². The molecule has 0 saturated heterocycles. The van der Waals surface area contributed by atoms with Gasteiger partial charge in [-0.2, -0.15) is 5.26 Å². The molecule has 1 atom stereocenters. The van der Waals surface area contributed by atoms with Crippen LogP contribution in [-0.4, -0.2) is 5.78 Å². The van der Waals surface area contributed by atoms with Crippen molar-refractivity contribution in [2.24, 2.45) is 0 Å². The van der Waals surface area contributed by atoms with Crippen LogP contribution >= 0.6 is 23.1 Å². The van der Waals surface area contributed by atoms with Crippen molar-refractivity contribution in [1.82, 2.24) is 5.32 Å². The summed E-state index contributed by atoms with van der Waals surface area (Å²) in [5, 5.41) is 16.1. The van der Waals surface area contributed by atoms with Crippen molar-refractivity contribution >= 4 is 28.9 Å². The molecular weight excluding hydrogens is 360 g/mol. The number of nitriles is 1. The van der Waals surface area contributed by atoms with Crippen molar-refractivity contribution in [3.05, 3.63) is 79.7 Å². The van der Waals surface area contributed by atoms with E-state index in [0.29, 0.717) is 11.1 Å². The van der Waals surface area contributed by atoms with E-state index in [-0.39, 0.29) is 11.7 Å². The lowest BCUT2D eigenvalue weighted by Gasteiger charge is -2.29. The highest BCUT2D eigenvalue weighted by molar-refractivity contribution is 8.02. The Bertz CT molecular complexity index is 932. The second kappa shape index (κ2) is 7.94. The molecule has 1 aliphatic heterocycles. The first-order valence-corrected chi connectivity index (χ1v) is 10.2. The van der Waals surface area contributed by atoms with Crippen LogP contribution in [0.3, 0.4) is 0 Å². The van der Waals surface area contributed by atoms with Crippen LogP contribution in [0, 0.1) is 18.3 Å². The monoisotopic (exact) mass is 380 g/mol. The molecule has 0 spiro atoms. The van der Waals surface area contributed by atoms with Crippen molar-refractivity contribution in [3.8, 4) is 6.07 Å². The molecule has 132 valence electrons. The number of Topliss-reactive ketones (excluding diaryl/α,β-unsaturated/α-hetero) is 1. The number of rotatable bonds is 5. The number of allylic oxidation sites excluding steroid dienone is 3. The number of hydrogen-bond acceptors (Lipinski definition) is 5. The number of nitrogens with one attached hydrogen (secondary N) is 1. The number of dihydropyridines is 1. The molecule has 2 heterocycles. The van der Waals surface area contributed by atoms with Crippen LogP contribution in [0.15, 0.2) is 63.7 Å². The summed E-state index contributed by atoms with van der Waals surface area (Å²) in [6.07, 6.45) is 0. The topological polar surface area (TPSA) is 52.9 Å². The SMILES string of the molecule is CC(=O)C1=C(C)NC(SCc2ccccc2)=C(C#N)[C@@H]1c1sccc1C. The Morgan fingerprint density at radius 1 is 1.27 bits per heavy atom. The third-order valence-electron chi connectivity index (χ3n) is 4.42. The van der Waals surface area contributed by atoms with Crippen LogP contribution in [0.4, 0.5) is 0 Å². The van der Waals surface area contributed by atoms with Crippen LogP contribution in [0.25, 0.3) is 0 Å². The highest BCUT2D eigenvalue weighted by Crippen LogP contribution is 2.44. The molecule has 0 fully saturated rings. The van der Waals surface area contributed by atoms with E-state index < -0.39 is 0 Å². The highest BCUT2D eigenvalue weighted by atomic mass is 32.2. The molecule has 3 nitrogen and oxygen atoms in total. The van der Waals surface area contributed by atoms with E-state index in [9.17, 15) is 10.1 Å². The quantitative estimate of drug-likeness (QED) is 0.767. The molecule has 1 aromatic carbocycles. The van der Waals surface area contributed by atoms with E-state index in [2.05, 4.69) is 23.5 Å². The molecule has 0 amide bonds. The Hall–Kier alpha value is -2.29. The zero-order chi connectivity index (χ0) is 18.7. The van der Waals surface area contributed by atoms with Crippen molar-refractivity contribution in [2.75, 3.05) is 0 Å². The van der Waals surface area contributed by atoms with Gasteiger partial charge in [0, 0.05) is 21.9 Å². The summed E-state index contributed by atoms with van der Waals surface area (Å²) < 4.78 is 0. The zero-order valence-corrected chi connectivity index (χ0v) is 16.6. The molecule has 0 radical (unpaired) electrons. The van der Waals surface area contributed by atoms with Gasteiger partial charge in [-0.1, -0.05) is 30.3 Å². The van der Waals surface area contributed by atoms with E-state index in [1.54, 1.807) is 30.0 Å². The number of hydrogen-bond donors (Lipinski definition) is 1. The van der Waals surface area contributed by atoms with Crippen LogP contribution in [0.2, 0.25) is 0 Å². The average molecular weight is 381 g/mol. The lowest BCUT2D eigenvalue weighted by Crippen LogP contribution is -2.26. The first-order valence-electron chi connectivity index (χ1n) is 8.36. The van der Waals surface area contributed by atoms with Crippen molar-refractivity contribution < 1.29 is 4.79 Å². The van der Waals surface area contributed by atoms with Crippen molar-refractivity contribution in [1.29, 1.82) is 5.26 Å². The number of ketones is 1. The first kappa shape index (κ1) is 18.5. The average Bonchev–Trinajstić information content (AvgIpc) is 3.05. The fraction of sp³-hybridized carbons (Fsp3) is 0.238. The van der Waals surface area contributed by atoms with Crippen molar-refractivity contribution in [3.63, 3.8) is 0 Å². The first-order chi connectivity index (χ1) is 12.5. The molecular formula is C21H20N2OS2. The minimum Gasteiger partial charge on any atom is -0.353 e. The van der Waals surface area contributed by atoms with Crippen LogP contribution < -0.4 is 5.32 Å². The fourth-order valence-electron chi connectivity index (χ4n) is 3.17. The minimum absolute atomic E-state index is 0.00709. The van der Waals surface area contributed by atoms with Crippen molar-refractivity contribution in [2.45, 2.75) is 32.4 Å². The predicted molar refractivity (Wildman–Crippen MR) is 109 cm³/mol. The molecule has 2 aromatic rings. The maximum absolute atomic E-state index is 12.3. The predicted octanol–water partition coefficient (Wildman–Crippen LogP) is 5.27. The van der Waals surface area contributed by atoms with Crippen LogP contribution in [0.1, 0.15) is 35.8 Å². The Balaban J connectivity index is 2.02. The van der Waals surface area contributed by atoms with E-state index in [1.165, 1.54) is 5.56 Å². The summed E-state index contributed by atoms with van der Waals surface area (Å²) in [5.41, 5.74) is 4.48. The van der Waals surface area contributed by atoms with Gasteiger partial charge >= 0.3 is 0 Å². The fourth-order valence-corrected chi connectivity index (χ4v) is 5.26. The second-order valence-corrected chi connectivity index (χ2v) is 8.18. The standard InChI is InChI=1S/C21H20N2OS2/c1-13-9-10-25-20(13)19-17(11-22)21(23-14(2)18(19)15(3)24)26-12-16-7-5-4-6-8-16/h4-10,19,23H,12H2,1-3H3/t19-/m0/s1. The van der Waals surface area contributed by atoms with Crippen LogP contribution in [-0.2, 0) is 10.5 Å². The van der Waals surface area contributed by atoms with E-state index in [0.717, 1.165) is 26.9 Å². The normalized spacial score (nSPS) is 17.1. The van der Waals surface area contributed by atoms with Gasteiger partial charge in [-0.05, 0) is 43.3 Å². The maximum atomic E-state index is 12.3. The van der Waals surface area contributed by atoms with Gasteiger partial charge in [0.05, 0.1) is 22.6 Å². The van der Waals surface area contributed by atoms with Gasteiger partial charge in [0.25, 0.3) is 0 Å². The van der Waals surface area contributed by atoms with Gasteiger partial charge in [-0.25, -0.2) is 0 Å². The summed E-state index contributed by atoms with van der Waals surface area (Å²) in [4.78, 5) is 13.4. The Morgan fingerprint density at radius 2 is 2.00 bits per heavy atom. The number of thiophene rings is 1. The van der Waals surface area contributed by atoms with E-state index in [4.69, 9.17) is 0 Å². The largest absolute Gasteiger partial charge is 0.353 e. The molecule has 1 aliphatic rings. The van der Waals surface area contributed by atoms with Crippen LogP contribution in [0.5, 0.6) is 0 Å². The lowest BCUT2D eigenvalue weighted by atomic mass is 9.84. The molecule has 26 heavy (non-hydrogen) atoms. The van der Waals surface area contributed by atoms with Gasteiger partial charge in [-0.15, -0.1) is 23.1 Å². The second-order valence-electron chi connectivity index (χ2n) is 6.25. The molecule has 0 aliphatic carbocycles. The summed E-state index contributed by atoms with van der Waals surface area (Å²) >= 11 is 3.22. The number of nitrogens with zero attached hydrogens (tertiary/aromatic N) is 1. The molecule has 1 N–H and O–H groups in total. The van der Waals surface area contributed by atoms with Gasteiger partial charge in [0.1, 0.15) is 0 Å². The van der Waals surface area contributed by atoms with E-state index >= 15 is 0 Å². The highest BCUT2D eigenvalue weighted by Gasteiger charge is 2.34. The van der Waals surface area contributed by atoms with E-state index in [1.807, 2.05) is 43.5 Å². The Labute approximate surface area is 162 Å². The number of thioether (sulfide) groups is 1. The molecule has 3 rings (SSSR count). The zero-order valence-electron chi connectivity index (χ0n) is 15.0. The van der Waals surface area contributed by atoms with Gasteiger partial charge in [-0.3, -0.25) is 4.79 Å². The van der Waals surface area contributed by atoms with Gasteiger partial charge in [0.2, 0.25) is 0 Å². The molecule has 5 heteroatoms. The summed E-state index contributed by atoms with van der Waals surface area (Å²) in [7, 11) is 0. The molecule has 0 bridgehead atoms. The maximum Gasteiger partial charge on any atom is 0.158 e. The Morgan fingerprint density at radius 3 is 2.58 bits per heavy atom. The lowest BCUT2D eigenvalue weighted by molar-refractivity contribution is -0.113. The summed E-state index contributed by atoms with van der Waals surface area (Å²) in [5.74, 6) is 0.498. The summed E-state index contributed by atoms with van der Waals surface area (Å²) in [6, 6.07) is 14.6. The molecule has 0 unspecified atom stereocenters. The summed E-state index contributed by atoms with van der Waals surface area (Å²) in [6.45, 7) is 5.53. The third kappa shape index (κ3) is 3.62. The minimum atomic E-state index is -0.281.